The van der Waals surface area contributed by atoms with Gasteiger partial charge in [-0.05, 0) is 31.4 Å². The Morgan fingerprint density at radius 3 is 2.88 bits per heavy atom. The SMILES string of the molecule is CCCCCc1c(N)nc2ccc(C)cn12. The van der Waals surface area contributed by atoms with Gasteiger partial charge in [0.25, 0.3) is 0 Å². The van der Waals surface area contributed by atoms with Crippen LogP contribution in [0.25, 0.3) is 5.65 Å². The summed E-state index contributed by atoms with van der Waals surface area (Å²) in [7, 11) is 0. The Balaban J connectivity index is 2.34. The number of aromatic nitrogens is 2. The molecular weight excluding hydrogens is 198 g/mol. The van der Waals surface area contributed by atoms with Crippen LogP contribution in [0.1, 0.15) is 37.4 Å². The monoisotopic (exact) mass is 217 g/mol. The maximum Gasteiger partial charge on any atom is 0.145 e. The van der Waals surface area contributed by atoms with Gasteiger partial charge in [0.15, 0.2) is 0 Å². The average molecular weight is 217 g/mol. The molecule has 0 bridgehead atoms. The molecule has 0 radical (unpaired) electrons. The van der Waals surface area contributed by atoms with Gasteiger partial charge in [0.1, 0.15) is 11.5 Å². The zero-order chi connectivity index (χ0) is 11.5. The van der Waals surface area contributed by atoms with E-state index in [9.17, 15) is 0 Å². The standard InChI is InChI=1S/C13H19N3/c1-3-4-5-6-11-13(14)15-12-8-7-10(2)9-16(11)12/h7-9H,3-6,14H2,1-2H3. The number of rotatable bonds is 4. The summed E-state index contributed by atoms with van der Waals surface area (Å²) in [6.45, 7) is 4.30. The van der Waals surface area contributed by atoms with E-state index in [4.69, 9.17) is 5.73 Å². The largest absolute Gasteiger partial charge is 0.382 e. The van der Waals surface area contributed by atoms with Crippen molar-refractivity contribution in [1.82, 2.24) is 9.38 Å². The minimum Gasteiger partial charge on any atom is -0.382 e. The maximum absolute atomic E-state index is 5.95. The lowest BCUT2D eigenvalue weighted by Crippen LogP contribution is -1.97. The van der Waals surface area contributed by atoms with E-state index >= 15 is 0 Å². The van der Waals surface area contributed by atoms with E-state index in [2.05, 4.69) is 35.5 Å². The highest BCUT2D eigenvalue weighted by Gasteiger charge is 2.08. The number of anilines is 1. The molecule has 3 nitrogen and oxygen atoms in total. The van der Waals surface area contributed by atoms with Gasteiger partial charge in [0, 0.05) is 6.20 Å². The third-order valence-corrected chi connectivity index (χ3v) is 2.91. The van der Waals surface area contributed by atoms with Crippen LogP contribution in [0.5, 0.6) is 0 Å². The Hall–Kier alpha value is -1.51. The Bertz CT molecular complexity index is 485. The predicted molar refractivity (Wildman–Crippen MR) is 67.6 cm³/mol. The number of nitrogens with zero attached hydrogens (tertiary/aromatic N) is 2. The number of imidazole rings is 1. The predicted octanol–water partition coefficient (Wildman–Crippen LogP) is 2.96. The molecule has 86 valence electrons. The zero-order valence-electron chi connectivity index (χ0n) is 10.0. The first-order valence-electron chi connectivity index (χ1n) is 5.95. The number of nitrogens with two attached hydrogens (primary N) is 1. The summed E-state index contributed by atoms with van der Waals surface area (Å²) in [6, 6.07) is 4.09. The Labute approximate surface area is 96.3 Å². The van der Waals surface area contributed by atoms with Gasteiger partial charge in [-0.1, -0.05) is 25.8 Å². The highest BCUT2D eigenvalue weighted by molar-refractivity contribution is 5.52. The summed E-state index contributed by atoms with van der Waals surface area (Å²) >= 11 is 0. The van der Waals surface area contributed by atoms with Crippen LogP contribution in [0.2, 0.25) is 0 Å². The highest BCUT2D eigenvalue weighted by atomic mass is 15.1. The molecule has 2 heterocycles. The fraction of sp³-hybridized carbons (Fsp3) is 0.462. The van der Waals surface area contributed by atoms with Gasteiger partial charge in [-0.15, -0.1) is 0 Å². The average Bonchev–Trinajstić information content (AvgIpc) is 2.56. The van der Waals surface area contributed by atoms with Crippen molar-refractivity contribution in [3.05, 3.63) is 29.6 Å². The number of hydrogen-bond acceptors (Lipinski definition) is 2. The molecule has 0 aliphatic heterocycles. The van der Waals surface area contributed by atoms with Crippen LogP contribution in [0.15, 0.2) is 18.3 Å². The third kappa shape index (κ3) is 2.03. The van der Waals surface area contributed by atoms with Crippen molar-refractivity contribution in [1.29, 1.82) is 0 Å². The molecular formula is C13H19N3. The molecule has 0 spiro atoms. The lowest BCUT2D eigenvalue weighted by atomic mass is 10.1. The molecule has 0 saturated carbocycles. The molecule has 3 heteroatoms. The fourth-order valence-electron chi connectivity index (χ4n) is 2.01. The highest BCUT2D eigenvalue weighted by Crippen LogP contribution is 2.18. The van der Waals surface area contributed by atoms with E-state index in [-0.39, 0.29) is 0 Å². The van der Waals surface area contributed by atoms with Crippen LogP contribution < -0.4 is 5.73 Å². The number of unbranched alkanes of at least 4 members (excludes halogenated alkanes) is 2. The number of pyridine rings is 1. The lowest BCUT2D eigenvalue weighted by Gasteiger charge is -2.03. The van der Waals surface area contributed by atoms with Gasteiger partial charge in [-0.25, -0.2) is 4.98 Å². The second-order valence-corrected chi connectivity index (χ2v) is 4.34. The summed E-state index contributed by atoms with van der Waals surface area (Å²) in [4.78, 5) is 4.37. The summed E-state index contributed by atoms with van der Waals surface area (Å²) < 4.78 is 2.13. The van der Waals surface area contributed by atoms with Gasteiger partial charge >= 0.3 is 0 Å². The molecule has 0 unspecified atom stereocenters. The molecule has 0 atom stereocenters. The molecule has 0 aromatic carbocycles. The molecule has 2 aromatic rings. The quantitative estimate of drug-likeness (QED) is 0.800. The Morgan fingerprint density at radius 2 is 2.12 bits per heavy atom. The van der Waals surface area contributed by atoms with E-state index in [0.29, 0.717) is 5.82 Å². The van der Waals surface area contributed by atoms with Crippen LogP contribution in [0.4, 0.5) is 5.82 Å². The van der Waals surface area contributed by atoms with E-state index in [1.165, 1.54) is 24.8 Å². The molecule has 0 saturated heterocycles. The van der Waals surface area contributed by atoms with Crippen LogP contribution in [0.3, 0.4) is 0 Å². The van der Waals surface area contributed by atoms with Crippen molar-refractivity contribution in [2.45, 2.75) is 39.5 Å². The van der Waals surface area contributed by atoms with Crippen molar-refractivity contribution < 1.29 is 0 Å². The van der Waals surface area contributed by atoms with Crippen LogP contribution >= 0.6 is 0 Å². The Kier molecular flexibility index (Phi) is 3.13. The lowest BCUT2D eigenvalue weighted by molar-refractivity contribution is 0.705. The van der Waals surface area contributed by atoms with Crippen molar-refractivity contribution in [2.24, 2.45) is 0 Å². The van der Waals surface area contributed by atoms with Gasteiger partial charge in [0.2, 0.25) is 0 Å². The van der Waals surface area contributed by atoms with Gasteiger partial charge in [-0.3, -0.25) is 0 Å². The molecule has 0 aliphatic rings. The summed E-state index contributed by atoms with van der Waals surface area (Å²) in [5, 5.41) is 0. The van der Waals surface area contributed by atoms with Crippen molar-refractivity contribution >= 4 is 11.5 Å². The van der Waals surface area contributed by atoms with E-state index in [1.54, 1.807) is 0 Å². The second kappa shape index (κ2) is 4.56. The van der Waals surface area contributed by atoms with Crippen LogP contribution in [-0.2, 0) is 6.42 Å². The summed E-state index contributed by atoms with van der Waals surface area (Å²) in [5.41, 5.74) is 9.30. The smallest absolute Gasteiger partial charge is 0.145 e. The Morgan fingerprint density at radius 1 is 1.31 bits per heavy atom. The maximum atomic E-state index is 5.95. The fourth-order valence-corrected chi connectivity index (χ4v) is 2.01. The first-order valence-corrected chi connectivity index (χ1v) is 5.95. The number of aryl methyl sites for hydroxylation is 2. The van der Waals surface area contributed by atoms with E-state index in [1.807, 2.05) is 6.07 Å². The minimum absolute atomic E-state index is 0.682. The normalized spacial score (nSPS) is 11.1. The summed E-state index contributed by atoms with van der Waals surface area (Å²) in [6.07, 6.45) is 6.79. The third-order valence-electron chi connectivity index (χ3n) is 2.91. The van der Waals surface area contributed by atoms with Crippen molar-refractivity contribution in [3.8, 4) is 0 Å². The van der Waals surface area contributed by atoms with Crippen molar-refractivity contribution in [3.63, 3.8) is 0 Å². The van der Waals surface area contributed by atoms with Gasteiger partial charge in [-0.2, -0.15) is 0 Å². The molecule has 2 rings (SSSR count). The molecule has 0 amide bonds. The van der Waals surface area contributed by atoms with E-state index < -0.39 is 0 Å². The molecule has 0 fully saturated rings. The number of nitrogen functional groups attached to an aromatic ring is 1. The minimum atomic E-state index is 0.682. The van der Waals surface area contributed by atoms with E-state index in [0.717, 1.165) is 17.8 Å². The topological polar surface area (TPSA) is 43.3 Å². The zero-order valence-corrected chi connectivity index (χ0v) is 10.0. The number of hydrogen-bond donors (Lipinski definition) is 1. The van der Waals surface area contributed by atoms with Crippen molar-refractivity contribution in [2.75, 3.05) is 5.73 Å². The second-order valence-electron chi connectivity index (χ2n) is 4.34. The first-order chi connectivity index (χ1) is 7.72. The molecule has 2 aromatic heterocycles. The van der Waals surface area contributed by atoms with Crippen LogP contribution in [0, 0.1) is 6.92 Å². The summed E-state index contributed by atoms with van der Waals surface area (Å²) in [5.74, 6) is 0.682. The van der Waals surface area contributed by atoms with Gasteiger partial charge in [0.05, 0.1) is 5.69 Å². The molecule has 16 heavy (non-hydrogen) atoms. The van der Waals surface area contributed by atoms with Crippen LogP contribution in [-0.4, -0.2) is 9.38 Å². The molecule has 2 N–H and O–H groups in total. The first kappa shape index (κ1) is 11.0. The number of fused-ring (bicyclic) bond motifs is 1. The molecule has 0 aliphatic carbocycles. The van der Waals surface area contributed by atoms with Gasteiger partial charge < -0.3 is 10.1 Å².